The number of likely N-dealkylation sites (N-methyl/N-ethyl adjacent to an activating group) is 1. The van der Waals surface area contributed by atoms with Crippen molar-refractivity contribution < 1.29 is 4.79 Å². The average Bonchev–Trinajstić information content (AvgIpc) is 2.39. The summed E-state index contributed by atoms with van der Waals surface area (Å²) < 4.78 is 0. The van der Waals surface area contributed by atoms with Crippen LogP contribution in [0.1, 0.15) is 26.3 Å². The molecule has 1 aromatic carbocycles. The van der Waals surface area contributed by atoms with Gasteiger partial charge < -0.3 is 16.0 Å². The SMILES string of the molecule is CCN(CC)C(=O)C(C)Nc1cc(Cl)ccc1C(N)=S. The van der Waals surface area contributed by atoms with Gasteiger partial charge in [0.05, 0.1) is 0 Å². The van der Waals surface area contributed by atoms with Crippen molar-refractivity contribution in [1.29, 1.82) is 0 Å². The first kappa shape index (κ1) is 16.7. The molecule has 6 heteroatoms. The molecule has 4 nitrogen and oxygen atoms in total. The number of nitrogens with one attached hydrogen (secondary N) is 1. The fourth-order valence-corrected chi connectivity index (χ4v) is 2.30. The van der Waals surface area contributed by atoms with Crippen molar-refractivity contribution in [2.75, 3.05) is 18.4 Å². The third-order valence-electron chi connectivity index (χ3n) is 3.06. The zero-order valence-corrected chi connectivity index (χ0v) is 13.5. The Labute approximate surface area is 130 Å². The Morgan fingerprint density at radius 2 is 2.05 bits per heavy atom. The Bertz CT molecular complexity index is 503. The molecule has 0 radical (unpaired) electrons. The number of carbonyl (C=O) groups is 1. The third-order valence-corrected chi connectivity index (χ3v) is 3.52. The van der Waals surface area contributed by atoms with Crippen LogP contribution < -0.4 is 11.1 Å². The Morgan fingerprint density at radius 1 is 1.45 bits per heavy atom. The van der Waals surface area contributed by atoms with E-state index in [2.05, 4.69) is 5.32 Å². The predicted molar refractivity (Wildman–Crippen MR) is 88.4 cm³/mol. The summed E-state index contributed by atoms with van der Waals surface area (Å²) in [6.07, 6.45) is 0. The van der Waals surface area contributed by atoms with Gasteiger partial charge in [0.2, 0.25) is 5.91 Å². The second-order valence-electron chi connectivity index (χ2n) is 4.43. The van der Waals surface area contributed by atoms with E-state index in [4.69, 9.17) is 29.6 Å². The van der Waals surface area contributed by atoms with Gasteiger partial charge in [-0.2, -0.15) is 0 Å². The highest BCUT2D eigenvalue weighted by Crippen LogP contribution is 2.22. The molecule has 0 aliphatic rings. The van der Waals surface area contributed by atoms with Crippen LogP contribution in [0, 0.1) is 0 Å². The number of thiocarbonyl (C=S) groups is 1. The van der Waals surface area contributed by atoms with Gasteiger partial charge in [-0.25, -0.2) is 0 Å². The number of benzene rings is 1. The molecule has 1 atom stereocenters. The van der Waals surface area contributed by atoms with E-state index in [0.29, 0.717) is 29.4 Å². The number of anilines is 1. The van der Waals surface area contributed by atoms with Crippen LogP contribution in [-0.4, -0.2) is 34.9 Å². The first-order valence-corrected chi connectivity index (χ1v) is 7.34. The van der Waals surface area contributed by atoms with Gasteiger partial charge in [-0.05, 0) is 39.0 Å². The highest BCUT2D eigenvalue weighted by molar-refractivity contribution is 7.80. The normalized spacial score (nSPS) is 11.8. The minimum atomic E-state index is -0.374. The average molecular weight is 314 g/mol. The zero-order chi connectivity index (χ0) is 15.3. The zero-order valence-electron chi connectivity index (χ0n) is 11.9. The van der Waals surface area contributed by atoms with Crippen molar-refractivity contribution >= 4 is 40.4 Å². The largest absolute Gasteiger partial charge is 0.389 e. The number of hydrogen-bond donors (Lipinski definition) is 2. The van der Waals surface area contributed by atoms with Crippen LogP contribution in [0.3, 0.4) is 0 Å². The van der Waals surface area contributed by atoms with E-state index < -0.39 is 0 Å². The fraction of sp³-hybridized carbons (Fsp3) is 0.429. The lowest BCUT2D eigenvalue weighted by atomic mass is 10.1. The molecule has 3 N–H and O–H groups in total. The van der Waals surface area contributed by atoms with Gasteiger partial charge in [0, 0.05) is 29.4 Å². The molecule has 0 aromatic heterocycles. The minimum Gasteiger partial charge on any atom is -0.389 e. The highest BCUT2D eigenvalue weighted by Gasteiger charge is 2.19. The lowest BCUT2D eigenvalue weighted by Gasteiger charge is -2.24. The standard InChI is InChI=1S/C14H20ClN3OS/c1-4-18(5-2)14(19)9(3)17-12-8-10(15)6-7-11(12)13(16)20/h6-9,17H,4-5H2,1-3H3,(H2,16,20). The number of nitrogens with two attached hydrogens (primary N) is 1. The first-order valence-electron chi connectivity index (χ1n) is 6.55. The topological polar surface area (TPSA) is 58.4 Å². The molecule has 110 valence electrons. The molecule has 0 aliphatic heterocycles. The number of hydrogen-bond acceptors (Lipinski definition) is 3. The molecule has 0 spiro atoms. The lowest BCUT2D eigenvalue weighted by Crippen LogP contribution is -2.41. The molecule has 0 heterocycles. The van der Waals surface area contributed by atoms with Gasteiger partial charge in [0.1, 0.15) is 11.0 Å². The van der Waals surface area contributed by atoms with Gasteiger partial charge in [-0.15, -0.1) is 0 Å². The van der Waals surface area contributed by atoms with Gasteiger partial charge >= 0.3 is 0 Å². The number of rotatable bonds is 6. The molecule has 1 aromatic rings. The summed E-state index contributed by atoms with van der Waals surface area (Å²) in [6, 6.07) is 4.82. The van der Waals surface area contributed by atoms with Crippen molar-refractivity contribution in [3.8, 4) is 0 Å². The van der Waals surface area contributed by atoms with Crippen LogP contribution in [0.2, 0.25) is 5.02 Å². The maximum atomic E-state index is 12.2. The van der Waals surface area contributed by atoms with E-state index in [1.54, 1.807) is 23.1 Å². The maximum Gasteiger partial charge on any atom is 0.244 e. The van der Waals surface area contributed by atoms with E-state index in [1.807, 2.05) is 20.8 Å². The molecule has 1 unspecified atom stereocenters. The first-order chi connectivity index (χ1) is 9.40. The molecule has 0 saturated carbocycles. The van der Waals surface area contributed by atoms with Crippen molar-refractivity contribution in [2.45, 2.75) is 26.8 Å². The molecular formula is C14H20ClN3OS. The summed E-state index contributed by atoms with van der Waals surface area (Å²) in [4.78, 5) is 14.3. The van der Waals surface area contributed by atoms with Crippen molar-refractivity contribution in [2.24, 2.45) is 5.73 Å². The van der Waals surface area contributed by atoms with Crippen LogP contribution in [0.25, 0.3) is 0 Å². The molecule has 1 amide bonds. The Morgan fingerprint density at radius 3 is 2.55 bits per heavy atom. The van der Waals surface area contributed by atoms with Crippen molar-refractivity contribution in [3.63, 3.8) is 0 Å². The maximum absolute atomic E-state index is 12.2. The molecule has 20 heavy (non-hydrogen) atoms. The van der Waals surface area contributed by atoms with Gasteiger partial charge in [-0.3, -0.25) is 4.79 Å². The molecular weight excluding hydrogens is 294 g/mol. The van der Waals surface area contributed by atoms with E-state index in [9.17, 15) is 4.79 Å². The molecule has 0 bridgehead atoms. The van der Waals surface area contributed by atoms with Crippen LogP contribution in [0.5, 0.6) is 0 Å². The summed E-state index contributed by atoms with van der Waals surface area (Å²) in [7, 11) is 0. The molecule has 1 rings (SSSR count). The number of nitrogens with zero attached hydrogens (tertiary/aromatic N) is 1. The monoisotopic (exact) mass is 313 g/mol. The Kier molecular flexibility index (Phi) is 6.23. The van der Waals surface area contributed by atoms with E-state index in [-0.39, 0.29) is 16.9 Å². The quantitative estimate of drug-likeness (QED) is 0.793. The number of carbonyl (C=O) groups excluding carboxylic acids is 1. The summed E-state index contributed by atoms with van der Waals surface area (Å²) in [5.41, 5.74) is 7.04. The van der Waals surface area contributed by atoms with E-state index in [0.717, 1.165) is 0 Å². The van der Waals surface area contributed by atoms with Crippen molar-refractivity contribution in [3.05, 3.63) is 28.8 Å². The Hall–Kier alpha value is -1.33. The van der Waals surface area contributed by atoms with Gasteiger partial charge in [-0.1, -0.05) is 23.8 Å². The van der Waals surface area contributed by atoms with Crippen LogP contribution in [-0.2, 0) is 4.79 Å². The number of halogens is 1. The van der Waals surface area contributed by atoms with Crippen molar-refractivity contribution in [1.82, 2.24) is 4.90 Å². The lowest BCUT2D eigenvalue weighted by molar-refractivity contribution is -0.131. The summed E-state index contributed by atoms with van der Waals surface area (Å²) in [5.74, 6) is 0.0314. The smallest absolute Gasteiger partial charge is 0.244 e. The van der Waals surface area contributed by atoms with E-state index >= 15 is 0 Å². The molecule has 0 saturated heterocycles. The summed E-state index contributed by atoms with van der Waals surface area (Å²) >= 11 is 11.0. The second-order valence-corrected chi connectivity index (χ2v) is 5.31. The van der Waals surface area contributed by atoms with Crippen LogP contribution >= 0.6 is 23.8 Å². The molecule has 0 aliphatic carbocycles. The minimum absolute atomic E-state index is 0.0314. The molecule has 0 fully saturated rings. The van der Waals surface area contributed by atoms with Crippen LogP contribution in [0.4, 0.5) is 5.69 Å². The predicted octanol–water partition coefficient (Wildman–Crippen LogP) is 2.64. The highest BCUT2D eigenvalue weighted by atomic mass is 35.5. The second kappa shape index (κ2) is 7.45. The van der Waals surface area contributed by atoms with Gasteiger partial charge in [0.25, 0.3) is 0 Å². The van der Waals surface area contributed by atoms with Gasteiger partial charge in [0.15, 0.2) is 0 Å². The fourth-order valence-electron chi connectivity index (χ4n) is 1.95. The van der Waals surface area contributed by atoms with E-state index in [1.165, 1.54) is 0 Å². The Balaban J connectivity index is 2.95. The van der Waals surface area contributed by atoms with Crippen LogP contribution in [0.15, 0.2) is 18.2 Å². The third kappa shape index (κ3) is 4.08. The number of amides is 1. The summed E-state index contributed by atoms with van der Waals surface area (Å²) in [5, 5.41) is 3.70. The summed E-state index contributed by atoms with van der Waals surface area (Å²) in [6.45, 7) is 7.07.